The van der Waals surface area contributed by atoms with Gasteiger partial charge < -0.3 is 10.8 Å². The van der Waals surface area contributed by atoms with Crippen LogP contribution in [-0.4, -0.2) is 34.5 Å². The minimum Gasteiger partial charge on any atom is -0.508 e. The summed E-state index contributed by atoms with van der Waals surface area (Å²) >= 11 is 0. The second kappa shape index (κ2) is 11.7. The lowest BCUT2D eigenvalue weighted by Gasteiger charge is -2.40. The lowest BCUT2D eigenvalue weighted by atomic mass is 9.69. The number of likely N-dealkylation sites (tertiary alicyclic amines) is 1. The Bertz CT molecular complexity index is 1370. The number of nitrogens with zero attached hydrogens (tertiary/aromatic N) is 1. The third-order valence-electron chi connectivity index (χ3n) is 8.86. The maximum absolute atomic E-state index is 13.3. The molecule has 1 atom stereocenters. The summed E-state index contributed by atoms with van der Waals surface area (Å²) in [4.78, 5) is 15.9. The van der Waals surface area contributed by atoms with Crippen LogP contribution in [0.1, 0.15) is 49.8 Å². The predicted molar refractivity (Wildman–Crippen MR) is 163 cm³/mol. The van der Waals surface area contributed by atoms with Crippen molar-refractivity contribution in [3.63, 3.8) is 0 Å². The van der Waals surface area contributed by atoms with E-state index >= 15 is 0 Å². The van der Waals surface area contributed by atoms with Crippen LogP contribution in [0.15, 0.2) is 109 Å². The molecule has 0 aromatic heterocycles. The molecule has 0 saturated carbocycles. The Kier molecular flexibility index (Phi) is 8.09. The second-order valence-corrected chi connectivity index (χ2v) is 11.9. The zero-order valence-corrected chi connectivity index (χ0v) is 23.6. The van der Waals surface area contributed by atoms with E-state index in [1.807, 2.05) is 72.8 Å². The van der Waals surface area contributed by atoms with E-state index in [2.05, 4.69) is 43.0 Å². The molecule has 4 aromatic carbocycles. The first-order valence-corrected chi connectivity index (χ1v) is 14.3. The summed E-state index contributed by atoms with van der Waals surface area (Å²) in [5.74, 6) is 0.571. The number of rotatable bonds is 10. The molecule has 5 rings (SSSR count). The van der Waals surface area contributed by atoms with Crippen LogP contribution in [0.2, 0.25) is 0 Å². The number of hydrogen-bond donors (Lipinski definition) is 2. The first kappa shape index (κ1) is 27.7. The molecular formula is C36H40N2O2. The minimum atomic E-state index is -0.867. The van der Waals surface area contributed by atoms with Crippen molar-refractivity contribution in [3.05, 3.63) is 126 Å². The molecule has 1 saturated heterocycles. The highest BCUT2D eigenvalue weighted by atomic mass is 16.3. The number of aromatic hydroxyl groups is 1. The molecule has 0 radical (unpaired) electrons. The summed E-state index contributed by atoms with van der Waals surface area (Å²) in [6.45, 7) is 6.71. The van der Waals surface area contributed by atoms with E-state index in [1.54, 1.807) is 12.1 Å². The second-order valence-electron chi connectivity index (χ2n) is 11.9. The number of carbonyl (C=O) groups excluding carboxylic acids is 1. The summed E-state index contributed by atoms with van der Waals surface area (Å²) < 4.78 is 0. The number of phenols is 1. The van der Waals surface area contributed by atoms with Gasteiger partial charge in [0.1, 0.15) is 5.75 Å². The molecule has 4 aromatic rings. The van der Waals surface area contributed by atoms with Gasteiger partial charge in [-0.05, 0) is 91.9 Å². The third-order valence-corrected chi connectivity index (χ3v) is 8.86. The number of phenolic OH excluding ortho intramolecular Hbond substituents is 1. The van der Waals surface area contributed by atoms with Gasteiger partial charge in [0.05, 0.1) is 5.41 Å². The Morgan fingerprint density at radius 1 is 0.825 bits per heavy atom. The van der Waals surface area contributed by atoms with Gasteiger partial charge in [0.15, 0.2) is 0 Å². The standard InChI is InChI=1S/C36H40N2O2/c1-35(2,21-22-36(34(37)40,31-12-5-3-6-13-31)32-14-7-4-8-15-32)38-23-20-28(26-38)24-27-10-9-11-30(25-27)29-16-18-33(39)19-17-29/h3-19,25,28,39H,20-24,26H2,1-2H3,(H2,37,40)/t28-/m1/s1. The fraction of sp³-hybridized carbons (Fsp3) is 0.306. The number of carbonyl (C=O) groups is 1. The van der Waals surface area contributed by atoms with Crippen molar-refractivity contribution < 1.29 is 9.90 Å². The molecule has 1 amide bonds. The maximum Gasteiger partial charge on any atom is 0.232 e. The Morgan fingerprint density at radius 3 is 2.05 bits per heavy atom. The molecule has 0 unspecified atom stereocenters. The van der Waals surface area contributed by atoms with Crippen molar-refractivity contribution in [3.8, 4) is 16.9 Å². The normalized spacial score (nSPS) is 16.2. The topological polar surface area (TPSA) is 66.6 Å². The smallest absolute Gasteiger partial charge is 0.232 e. The van der Waals surface area contributed by atoms with Gasteiger partial charge in [0.25, 0.3) is 0 Å². The lowest BCUT2D eigenvalue weighted by molar-refractivity contribution is -0.122. The van der Waals surface area contributed by atoms with Crippen LogP contribution in [0, 0.1) is 5.92 Å². The Balaban J connectivity index is 1.29. The van der Waals surface area contributed by atoms with Crippen LogP contribution in [-0.2, 0) is 16.6 Å². The number of nitrogens with two attached hydrogens (primary N) is 1. The van der Waals surface area contributed by atoms with Crippen molar-refractivity contribution in [2.75, 3.05) is 13.1 Å². The predicted octanol–water partition coefficient (Wildman–Crippen LogP) is 6.95. The van der Waals surface area contributed by atoms with Crippen LogP contribution >= 0.6 is 0 Å². The number of hydrogen-bond acceptors (Lipinski definition) is 3. The molecule has 4 heteroatoms. The molecule has 206 valence electrons. The van der Waals surface area contributed by atoms with Gasteiger partial charge in [-0.2, -0.15) is 0 Å². The highest BCUT2D eigenvalue weighted by Crippen LogP contribution is 2.40. The zero-order valence-electron chi connectivity index (χ0n) is 23.6. The highest BCUT2D eigenvalue weighted by Gasteiger charge is 2.43. The molecule has 1 aliphatic heterocycles. The Labute approximate surface area is 238 Å². The molecule has 1 heterocycles. The molecular weight excluding hydrogens is 492 g/mol. The van der Waals surface area contributed by atoms with Gasteiger partial charge in [-0.25, -0.2) is 0 Å². The summed E-state index contributed by atoms with van der Waals surface area (Å²) in [6.07, 6.45) is 3.70. The van der Waals surface area contributed by atoms with E-state index in [9.17, 15) is 9.90 Å². The summed E-state index contributed by atoms with van der Waals surface area (Å²) in [6, 6.07) is 36.2. The number of amides is 1. The summed E-state index contributed by atoms with van der Waals surface area (Å²) in [5, 5.41) is 9.64. The first-order valence-electron chi connectivity index (χ1n) is 14.3. The van der Waals surface area contributed by atoms with Crippen LogP contribution < -0.4 is 5.73 Å². The van der Waals surface area contributed by atoms with Crippen molar-refractivity contribution in [2.45, 2.75) is 50.5 Å². The van der Waals surface area contributed by atoms with Crippen LogP contribution in [0.3, 0.4) is 0 Å². The Hall–Kier alpha value is -3.89. The molecule has 0 aliphatic carbocycles. The first-order chi connectivity index (χ1) is 19.3. The van der Waals surface area contributed by atoms with Gasteiger partial charge in [-0.15, -0.1) is 0 Å². The monoisotopic (exact) mass is 532 g/mol. The molecule has 0 spiro atoms. The van der Waals surface area contributed by atoms with Gasteiger partial charge in [0.2, 0.25) is 5.91 Å². The van der Waals surface area contributed by atoms with E-state index in [4.69, 9.17) is 5.73 Å². The van der Waals surface area contributed by atoms with E-state index in [1.165, 1.54) is 11.1 Å². The Morgan fingerprint density at radius 2 is 1.45 bits per heavy atom. The third kappa shape index (κ3) is 5.83. The molecule has 40 heavy (non-hydrogen) atoms. The average Bonchev–Trinajstić information content (AvgIpc) is 3.44. The molecule has 1 aliphatic rings. The quantitative estimate of drug-likeness (QED) is 0.232. The zero-order chi connectivity index (χ0) is 28.2. The van der Waals surface area contributed by atoms with Gasteiger partial charge in [-0.1, -0.05) is 97.1 Å². The van der Waals surface area contributed by atoms with Crippen LogP contribution in [0.4, 0.5) is 0 Å². The van der Waals surface area contributed by atoms with Gasteiger partial charge >= 0.3 is 0 Å². The fourth-order valence-corrected chi connectivity index (χ4v) is 6.37. The van der Waals surface area contributed by atoms with Crippen LogP contribution in [0.25, 0.3) is 11.1 Å². The van der Waals surface area contributed by atoms with E-state index in [-0.39, 0.29) is 17.2 Å². The SMILES string of the molecule is CC(C)(CCC(C(N)=O)(c1ccccc1)c1ccccc1)N1CC[C@H](Cc2cccc(-c3ccc(O)cc3)c2)C1. The number of primary amides is 1. The number of benzene rings is 4. The van der Waals surface area contributed by atoms with E-state index in [0.717, 1.165) is 49.0 Å². The molecule has 3 N–H and O–H groups in total. The summed E-state index contributed by atoms with van der Waals surface area (Å²) in [7, 11) is 0. The molecule has 0 bridgehead atoms. The largest absolute Gasteiger partial charge is 0.508 e. The van der Waals surface area contributed by atoms with Crippen molar-refractivity contribution in [1.29, 1.82) is 0 Å². The van der Waals surface area contributed by atoms with Crippen molar-refractivity contribution >= 4 is 5.91 Å². The lowest BCUT2D eigenvalue weighted by Crippen LogP contribution is -2.47. The van der Waals surface area contributed by atoms with Gasteiger partial charge in [0, 0.05) is 12.1 Å². The summed E-state index contributed by atoms with van der Waals surface area (Å²) in [5.41, 5.74) is 10.8. The van der Waals surface area contributed by atoms with Gasteiger partial charge in [-0.3, -0.25) is 9.69 Å². The maximum atomic E-state index is 13.3. The minimum absolute atomic E-state index is 0.0765. The van der Waals surface area contributed by atoms with E-state index < -0.39 is 5.41 Å². The average molecular weight is 533 g/mol. The fourth-order valence-electron chi connectivity index (χ4n) is 6.37. The molecule has 4 nitrogen and oxygen atoms in total. The van der Waals surface area contributed by atoms with Crippen molar-refractivity contribution in [1.82, 2.24) is 4.90 Å². The van der Waals surface area contributed by atoms with Crippen molar-refractivity contribution in [2.24, 2.45) is 11.7 Å². The highest BCUT2D eigenvalue weighted by molar-refractivity contribution is 5.90. The molecule has 1 fully saturated rings. The van der Waals surface area contributed by atoms with E-state index in [0.29, 0.717) is 12.3 Å². The van der Waals surface area contributed by atoms with Crippen LogP contribution in [0.5, 0.6) is 5.75 Å².